The normalized spacial score (nSPS) is 21.1. The van der Waals surface area contributed by atoms with E-state index in [9.17, 15) is 12.8 Å². The molecule has 0 saturated carbocycles. The van der Waals surface area contributed by atoms with Crippen molar-refractivity contribution in [1.29, 1.82) is 0 Å². The summed E-state index contributed by atoms with van der Waals surface area (Å²) in [6.45, 7) is 0.328. The molecule has 1 aliphatic rings. The lowest BCUT2D eigenvalue weighted by atomic mass is 10.2. The van der Waals surface area contributed by atoms with Gasteiger partial charge in [0, 0.05) is 18.8 Å². The molecule has 4 nitrogen and oxygen atoms in total. The van der Waals surface area contributed by atoms with Crippen LogP contribution in [0.5, 0.6) is 0 Å². The van der Waals surface area contributed by atoms with Crippen LogP contribution in [0.2, 0.25) is 0 Å². The summed E-state index contributed by atoms with van der Waals surface area (Å²) in [4.78, 5) is 4.30. The van der Waals surface area contributed by atoms with Gasteiger partial charge in [0.2, 0.25) is 0 Å². The molecule has 0 bridgehead atoms. The Morgan fingerprint density at radius 2 is 2.24 bits per heavy atom. The van der Waals surface area contributed by atoms with Crippen LogP contribution in [0.25, 0.3) is 11.0 Å². The van der Waals surface area contributed by atoms with Gasteiger partial charge in [-0.1, -0.05) is 6.07 Å². The van der Waals surface area contributed by atoms with Gasteiger partial charge in [0.25, 0.3) is 0 Å². The van der Waals surface area contributed by atoms with E-state index in [-0.39, 0.29) is 11.3 Å². The highest BCUT2D eigenvalue weighted by Gasteiger charge is 2.32. The van der Waals surface area contributed by atoms with E-state index in [1.165, 1.54) is 6.07 Å². The number of sulfone groups is 1. The monoisotopic (exact) mass is 330 g/mol. The Morgan fingerprint density at radius 3 is 2.90 bits per heavy atom. The van der Waals surface area contributed by atoms with Crippen LogP contribution in [0, 0.1) is 5.82 Å². The molecular formula is C14H16ClFN2O2S. The van der Waals surface area contributed by atoms with Crippen molar-refractivity contribution in [2.45, 2.75) is 31.1 Å². The fourth-order valence-electron chi connectivity index (χ4n) is 2.91. The molecule has 114 valence electrons. The Hall–Kier alpha value is -1.14. The molecule has 0 spiro atoms. The first-order chi connectivity index (χ1) is 10.0. The van der Waals surface area contributed by atoms with E-state index in [0.29, 0.717) is 43.0 Å². The topological polar surface area (TPSA) is 52.0 Å². The smallest absolute Gasteiger partial charge is 0.154 e. The maximum Gasteiger partial charge on any atom is 0.154 e. The van der Waals surface area contributed by atoms with Crippen molar-refractivity contribution in [3.8, 4) is 0 Å². The number of hydrogen-bond acceptors (Lipinski definition) is 3. The molecule has 1 saturated heterocycles. The maximum atomic E-state index is 13.9. The number of aryl methyl sites for hydroxylation is 1. The van der Waals surface area contributed by atoms with Crippen LogP contribution in [-0.4, -0.2) is 34.9 Å². The second-order valence-corrected chi connectivity index (χ2v) is 8.10. The van der Waals surface area contributed by atoms with Crippen LogP contribution < -0.4 is 0 Å². The van der Waals surface area contributed by atoms with E-state index in [1.807, 2.05) is 4.57 Å². The third-order valence-electron chi connectivity index (χ3n) is 3.98. The SMILES string of the molecule is O=S1(=O)CCCC1Cn1c(CCCl)nc2c(F)cccc21. The molecule has 1 atom stereocenters. The van der Waals surface area contributed by atoms with Crippen molar-refractivity contribution in [3.63, 3.8) is 0 Å². The van der Waals surface area contributed by atoms with Crippen molar-refractivity contribution in [2.75, 3.05) is 11.6 Å². The fourth-order valence-corrected chi connectivity index (χ4v) is 4.88. The van der Waals surface area contributed by atoms with E-state index >= 15 is 0 Å². The lowest BCUT2D eigenvalue weighted by Crippen LogP contribution is -2.23. The first-order valence-electron chi connectivity index (χ1n) is 6.94. The molecule has 1 fully saturated rings. The minimum atomic E-state index is -3.05. The maximum absolute atomic E-state index is 13.9. The van der Waals surface area contributed by atoms with E-state index in [0.717, 1.165) is 0 Å². The number of imidazole rings is 1. The van der Waals surface area contributed by atoms with Crippen LogP contribution in [-0.2, 0) is 22.8 Å². The predicted molar refractivity (Wildman–Crippen MR) is 80.9 cm³/mol. The zero-order chi connectivity index (χ0) is 15.0. The van der Waals surface area contributed by atoms with Crippen LogP contribution >= 0.6 is 11.6 Å². The molecule has 7 heteroatoms. The molecule has 2 heterocycles. The first kappa shape index (κ1) is 14.8. The minimum absolute atomic E-state index is 0.240. The number of para-hydroxylation sites is 1. The molecule has 1 unspecified atom stereocenters. The summed E-state index contributed by atoms with van der Waals surface area (Å²) in [6.07, 6.45) is 1.83. The molecular weight excluding hydrogens is 315 g/mol. The molecule has 0 radical (unpaired) electrons. The van der Waals surface area contributed by atoms with Gasteiger partial charge in [-0.05, 0) is 25.0 Å². The van der Waals surface area contributed by atoms with Gasteiger partial charge in [0.15, 0.2) is 15.7 Å². The Balaban J connectivity index is 2.07. The summed E-state index contributed by atoms with van der Waals surface area (Å²) in [5.74, 6) is 0.856. The molecule has 21 heavy (non-hydrogen) atoms. The van der Waals surface area contributed by atoms with Crippen LogP contribution in [0.15, 0.2) is 18.2 Å². The van der Waals surface area contributed by atoms with Gasteiger partial charge in [0.1, 0.15) is 11.3 Å². The van der Waals surface area contributed by atoms with Crippen molar-refractivity contribution in [3.05, 3.63) is 29.8 Å². The zero-order valence-corrected chi connectivity index (χ0v) is 13.0. The second kappa shape index (κ2) is 5.57. The highest BCUT2D eigenvalue weighted by atomic mass is 35.5. The Morgan fingerprint density at radius 1 is 1.43 bits per heavy atom. The van der Waals surface area contributed by atoms with Gasteiger partial charge in [0.05, 0.1) is 16.5 Å². The number of benzene rings is 1. The Labute approximate surface area is 127 Å². The second-order valence-electron chi connectivity index (χ2n) is 5.32. The fraction of sp³-hybridized carbons (Fsp3) is 0.500. The predicted octanol–water partition coefficient (Wildman–Crippen LogP) is 2.53. The third kappa shape index (κ3) is 2.66. The van der Waals surface area contributed by atoms with Gasteiger partial charge in [-0.15, -0.1) is 11.6 Å². The number of aromatic nitrogens is 2. The lowest BCUT2D eigenvalue weighted by molar-refractivity contribution is 0.564. The third-order valence-corrected chi connectivity index (χ3v) is 6.42. The zero-order valence-electron chi connectivity index (χ0n) is 11.4. The van der Waals surface area contributed by atoms with E-state index in [4.69, 9.17) is 11.6 Å². The molecule has 1 aromatic heterocycles. The quantitative estimate of drug-likeness (QED) is 0.809. The van der Waals surface area contributed by atoms with Gasteiger partial charge in [-0.25, -0.2) is 17.8 Å². The summed E-state index contributed by atoms with van der Waals surface area (Å²) in [5, 5.41) is -0.410. The molecule has 3 rings (SSSR count). The van der Waals surface area contributed by atoms with Crippen LogP contribution in [0.3, 0.4) is 0 Å². The molecule has 0 N–H and O–H groups in total. The Bertz CT molecular complexity index is 773. The van der Waals surface area contributed by atoms with E-state index in [1.54, 1.807) is 12.1 Å². The van der Waals surface area contributed by atoms with E-state index < -0.39 is 20.9 Å². The minimum Gasteiger partial charge on any atom is -0.327 e. The van der Waals surface area contributed by atoms with Crippen molar-refractivity contribution >= 4 is 32.5 Å². The standard InChI is InChI=1S/C14H16ClFN2O2S/c15-7-6-13-17-14-11(16)4-1-5-12(14)18(13)9-10-3-2-8-21(10,19)20/h1,4-5,10H,2-3,6-9H2. The molecule has 1 aromatic carbocycles. The largest absolute Gasteiger partial charge is 0.327 e. The van der Waals surface area contributed by atoms with Gasteiger partial charge in [-0.3, -0.25) is 0 Å². The number of nitrogens with zero attached hydrogens (tertiary/aromatic N) is 2. The van der Waals surface area contributed by atoms with Gasteiger partial charge >= 0.3 is 0 Å². The van der Waals surface area contributed by atoms with E-state index in [2.05, 4.69) is 4.98 Å². The lowest BCUT2D eigenvalue weighted by Gasteiger charge is -2.13. The van der Waals surface area contributed by atoms with Crippen molar-refractivity contribution < 1.29 is 12.8 Å². The average molecular weight is 331 g/mol. The molecule has 1 aliphatic heterocycles. The number of rotatable bonds is 4. The average Bonchev–Trinajstić information content (AvgIpc) is 2.94. The number of alkyl halides is 1. The number of fused-ring (bicyclic) bond motifs is 1. The number of halogens is 2. The Kier molecular flexibility index (Phi) is 3.92. The van der Waals surface area contributed by atoms with Crippen LogP contribution in [0.4, 0.5) is 4.39 Å². The van der Waals surface area contributed by atoms with Crippen LogP contribution in [0.1, 0.15) is 18.7 Å². The van der Waals surface area contributed by atoms with Crippen molar-refractivity contribution in [1.82, 2.24) is 9.55 Å². The van der Waals surface area contributed by atoms with Gasteiger partial charge in [-0.2, -0.15) is 0 Å². The molecule has 2 aromatic rings. The summed E-state index contributed by atoms with van der Waals surface area (Å²) in [5.41, 5.74) is 0.922. The summed E-state index contributed by atoms with van der Waals surface area (Å²) < 4.78 is 39.7. The molecule has 0 aliphatic carbocycles. The van der Waals surface area contributed by atoms with Crippen molar-refractivity contribution in [2.24, 2.45) is 0 Å². The summed E-state index contributed by atoms with van der Waals surface area (Å²) in [7, 11) is -3.05. The molecule has 0 amide bonds. The summed E-state index contributed by atoms with van der Waals surface area (Å²) >= 11 is 5.78. The highest BCUT2D eigenvalue weighted by molar-refractivity contribution is 7.92. The highest BCUT2D eigenvalue weighted by Crippen LogP contribution is 2.26. The summed E-state index contributed by atoms with van der Waals surface area (Å²) in [6, 6.07) is 4.74. The van der Waals surface area contributed by atoms with Gasteiger partial charge < -0.3 is 4.57 Å². The number of hydrogen-bond donors (Lipinski definition) is 0. The first-order valence-corrected chi connectivity index (χ1v) is 9.19.